The molecule has 1 saturated heterocycles. The summed E-state index contributed by atoms with van der Waals surface area (Å²) in [5.74, 6) is 0.434. The molecule has 32 heavy (non-hydrogen) atoms. The fourth-order valence-electron chi connectivity index (χ4n) is 4.08. The van der Waals surface area contributed by atoms with Crippen molar-refractivity contribution in [1.82, 2.24) is 19.2 Å². The normalized spacial score (nSPS) is 16.6. The molecule has 0 spiro atoms. The number of aromatic nitrogens is 2. The van der Waals surface area contributed by atoms with E-state index >= 15 is 0 Å². The summed E-state index contributed by atoms with van der Waals surface area (Å²) in [6.45, 7) is 2.58. The average Bonchev–Trinajstić information content (AvgIpc) is 3.23. The Morgan fingerprint density at radius 1 is 1.06 bits per heavy atom. The molecule has 2 aromatic carbocycles. The van der Waals surface area contributed by atoms with Crippen molar-refractivity contribution in [1.29, 1.82) is 0 Å². The number of sulfonamides is 1. The van der Waals surface area contributed by atoms with Gasteiger partial charge in [0.25, 0.3) is 0 Å². The van der Waals surface area contributed by atoms with E-state index in [1.54, 1.807) is 30.5 Å². The monoisotopic (exact) mass is 452 g/mol. The Balaban J connectivity index is 1.44. The van der Waals surface area contributed by atoms with E-state index in [-0.39, 0.29) is 17.9 Å². The molecule has 3 aromatic rings. The number of aryl methyl sites for hydroxylation is 2. The quantitative estimate of drug-likeness (QED) is 0.623. The van der Waals surface area contributed by atoms with E-state index in [2.05, 4.69) is 10.3 Å². The highest BCUT2D eigenvalue weighted by molar-refractivity contribution is 7.89. The highest BCUT2D eigenvalue weighted by Gasteiger charge is 2.33. The number of nitrogens with one attached hydrogen (secondary N) is 1. The zero-order valence-corrected chi connectivity index (χ0v) is 19.1. The van der Waals surface area contributed by atoms with Crippen LogP contribution in [0.1, 0.15) is 35.8 Å². The van der Waals surface area contributed by atoms with Crippen molar-refractivity contribution >= 4 is 15.9 Å². The molecule has 0 saturated carbocycles. The summed E-state index contributed by atoms with van der Waals surface area (Å²) < 4.78 is 29.3. The molecule has 1 amide bonds. The third-order valence-corrected chi connectivity index (χ3v) is 7.93. The molecule has 168 valence electrons. The standard InChI is InChI=1S/C24H28N4O3S/c1-18-8-10-21(11-9-18)32(30,31)28-15-12-20(13-16-28)24(29)26-22(19-6-4-3-5-7-19)23-25-14-17-27(23)2/h3-11,14,17,20,22H,12-13,15-16H2,1-2H3,(H,26,29). The Morgan fingerprint density at radius 3 is 2.31 bits per heavy atom. The third kappa shape index (κ3) is 4.61. The predicted octanol–water partition coefficient (Wildman–Crippen LogP) is 3.04. The van der Waals surface area contributed by atoms with Gasteiger partial charge in [0, 0.05) is 38.4 Å². The minimum absolute atomic E-state index is 0.0748. The van der Waals surface area contributed by atoms with E-state index in [1.807, 2.05) is 55.1 Å². The van der Waals surface area contributed by atoms with Crippen molar-refractivity contribution in [2.75, 3.05) is 13.1 Å². The summed E-state index contributed by atoms with van der Waals surface area (Å²) in [6.07, 6.45) is 4.54. The fraction of sp³-hybridized carbons (Fsp3) is 0.333. The number of amides is 1. The molecule has 7 nitrogen and oxygen atoms in total. The van der Waals surface area contributed by atoms with E-state index in [0.29, 0.717) is 30.8 Å². The van der Waals surface area contributed by atoms with Gasteiger partial charge < -0.3 is 9.88 Å². The Labute approximate surface area is 189 Å². The number of benzene rings is 2. The Kier molecular flexibility index (Phi) is 6.43. The number of hydrogen-bond donors (Lipinski definition) is 1. The van der Waals surface area contributed by atoms with Crippen LogP contribution >= 0.6 is 0 Å². The minimum Gasteiger partial charge on any atom is -0.342 e. The van der Waals surface area contributed by atoms with Crippen molar-refractivity contribution in [2.24, 2.45) is 13.0 Å². The second-order valence-corrected chi connectivity index (χ2v) is 10.2. The summed E-state index contributed by atoms with van der Waals surface area (Å²) in [4.78, 5) is 17.9. The van der Waals surface area contributed by atoms with Crippen molar-refractivity contribution < 1.29 is 13.2 Å². The number of rotatable bonds is 6. The summed E-state index contributed by atoms with van der Waals surface area (Å²) in [5, 5.41) is 3.15. The fourth-order valence-corrected chi connectivity index (χ4v) is 5.55. The van der Waals surface area contributed by atoms with Crippen LogP contribution < -0.4 is 5.32 Å². The molecule has 2 heterocycles. The molecule has 8 heteroatoms. The Bertz CT molecular complexity index is 1170. The third-order valence-electron chi connectivity index (χ3n) is 6.02. The molecule has 0 aliphatic carbocycles. The zero-order chi connectivity index (χ0) is 22.7. The highest BCUT2D eigenvalue weighted by Crippen LogP contribution is 2.26. The van der Waals surface area contributed by atoms with Gasteiger partial charge in [0.05, 0.1) is 4.90 Å². The van der Waals surface area contributed by atoms with E-state index in [1.165, 1.54) is 4.31 Å². The van der Waals surface area contributed by atoms with Crippen molar-refractivity contribution in [2.45, 2.75) is 30.7 Å². The minimum atomic E-state index is -3.55. The van der Waals surface area contributed by atoms with Crippen LogP contribution in [0, 0.1) is 12.8 Å². The number of imidazole rings is 1. The van der Waals surface area contributed by atoms with Crippen LogP contribution in [0.2, 0.25) is 0 Å². The van der Waals surface area contributed by atoms with Crippen LogP contribution in [0.3, 0.4) is 0 Å². The first-order chi connectivity index (χ1) is 15.4. The van der Waals surface area contributed by atoms with Gasteiger partial charge in [-0.1, -0.05) is 48.0 Å². The number of piperidine rings is 1. The van der Waals surface area contributed by atoms with E-state index in [0.717, 1.165) is 17.0 Å². The Morgan fingerprint density at radius 2 is 1.72 bits per heavy atom. The van der Waals surface area contributed by atoms with Crippen LogP contribution in [0.15, 0.2) is 71.9 Å². The van der Waals surface area contributed by atoms with Gasteiger partial charge in [0.1, 0.15) is 11.9 Å². The van der Waals surface area contributed by atoms with Crippen molar-refractivity contribution in [3.05, 3.63) is 83.9 Å². The molecule has 1 N–H and O–H groups in total. The van der Waals surface area contributed by atoms with Gasteiger partial charge in [0.15, 0.2) is 0 Å². The predicted molar refractivity (Wildman–Crippen MR) is 122 cm³/mol. The van der Waals surface area contributed by atoms with E-state index in [9.17, 15) is 13.2 Å². The largest absolute Gasteiger partial charge is 0.342 e. The maximum absolute atomic E-state index is 13.1. The maximum atomic E-state index is 13.1. The average molecular weight is 453 g/mol. The van der Waals surface area contributed by atoms with Crippen LogP contribution in [-0.2, 0) is 21.9 Å². The first-order valence-electron chi connectivity index (χ1n) is 10.8. The van der Waals surface area contributed by atoms with Crippen LogP contribution in [0.4, 0.5) is 0 Å². The number of carbonyl (C=O) groups excluding carboxylic acids is 1. The van der Waals surface area contributed by atoms with Crippen LogP contribution in [0.5, 0.6) is 0 Å². The molecule has 1 aromatic heterocycles. The lowest BCUT2D eigenvalue weighted by Crippen LogP contribution is -2.44. The molecule has 1 aliphatic rings. The maximum Gasteiger partial charge on any atom is 0.243 e. The zero-order valence-electron chi connectivity index (χ0n) is 18.3. The van der Waals surface area contributed by atoms with Gasteiger partial charge in [-0.15, -0.1) is 0 Å². The molecular formula is C24H28N4O3S. The number of nitrogens with zero attached hydrogens (tertiary/aromatic N) is 3. The second kappa shape index (κ2) is 9.26. The smallest absolute Gasteiger partial charge is 0.243 e. The van der Waals surface area contributed by atoms with Gasteiger partial charge in [-0.3, -0.25) is 4.79 Å². The number of carbonyl (C=O) groups is 1. The molecule has 1 unspecified atom stereocenters. The van der Waals surface area contributed by atoms with Gasteiger partial charge in [-0.2, -0.15) is 4.31 Å². The first kappa shape index (κ1) is 22.2. The van der Waals surface area contributed by atoms with Gasteiger partial charge in [-0.05, 0) is 37.5 Å². The molecule has 0 radical (unpaired) electrons. The highest BCUT2D eigenvalue weighted by atomic mass is 32.2. The van der Waals surface area contributed by atoms with Crippen molar-refractivity contribution in [3.63, 3.8) is 0 Å². The summed E-state index contributed by atoms with van der Waals surface area (Å²) >= 11 is 0. The van der Waals surface area contributed by atoms with Crippen LogP contribution in [0.25, 0.3) is 0 Å². The first-order valence-corrected chi connectivity index (χ1v) is 12.2. The van der Waals surface area contributed by atoms with Gasteiger partial charge in [-0.25, -0.2) is 13.4 Å². The second-order valence-electron chi connectivity index (χ2n) is 8.24. The lowest BCUT2D eigenvalue weighted by molar-refractivity contribution is -0.126. The Hall–Kier alpha value is -2.97. The molecule has 4 rings (SSSR count). The van der Waals surface area contributed by atoms with Gasteiger partial charge in [0.2, 0.25) is 15.9 Å². The van der Waals surface area contributed by atoms with E-state index < -0.39 is 10.0 Å². The SMILES string of the molecule is Cc1ccc(S(=O)(=O)N2CCC(C(=O)NC(c3ccccc3)c3nccn3C)CC2)cc1. The molecular weight excluding hydrogens is 424 g/mol. The van der Waals surface area contributed by atoms with E-state index in [4.69, 9.17) is 0 Å². The molecule has 1 fully saturated rings. The topological polar surface area (TPSA) is 84.3 Å². The lowest BCUT2D eigenvalue weighted by atomic mass is 9.96. The van der Waals surface area contributed by atoms with Gasteiger partial charge >= 0.3 is 0 Å². The van der Waals surface area contributed by atoms with Crippen molar-refractivity contribution in [3.8, 4) is 0 Å². The number of hydrogen-bond acceptors (Lipinski definition) is 4. The molecule has 0 bridgehead atoms. The lowest BCUT2D eigenvalue weighted by Gasteiger charge is -2.31. The summed E-state index contributed by atoms with van der Waals surface area (Å²) in [5.41, 5.74) is 1.97. The summed E-state index contributed by atoms with van der Waals surface area (Å²) in [6, 6.07) is 16.3. The molecule has 1 atom stereocenters. The van der Waals surface area contributed by atoms with Crippen LogP contribution in [-0.4, -0.2) is 41.3 Å². The molecule has 1 aliphatic heterocycles. The summed E-state index contributed by atoms with van der Waals surface area (Å²) in [7, 11) is -1.65.